The molecule has 4 atom stereocenters. The van der Waals surface area contributed by atoms with E-state index in [1.807, 2.05) is 0 Å². The first-order valence-corrected chi connectivity index (χ1v) is 7.13. The number of nitrogen functional groups attached to an aromatic ring is 1. The number of nitrogens with two attached hydrogens (primary N) is 1. The average molecular weight is 327 g/mol. The van der Waals surface area contributed by atoms with Crippen LogP contribution in [-0.2, 0) is 4.74 Å². The SMILES string of the molecule is CC[C@@]1(CF)O[C@@H](n2cnc3c(=O)[nH]c(N)nc32)[C@](C)(O)[C@@H]1O. The van der Waals surface area contributed by atoms with E-state index in [2.05, 4.69) is 15.0 Å². The van der Waals surface area contributed by atoms with Crippen molar-refractivity contribution in [2.45, 2.75) is 43.8 Å². The molecule has 0 saturated carbocycles. The average Bonchev–Trinajstić information content (AvgIpc) is 2.99. The van der Waals surface area contributed by atoms with Gasteiger partial charge in [-0.1, -0.05) is 6.92 Å². The molecule has 2 aromatic heterocycles. The van der Waals surface area contributed by atoms with Crippen molar-refractivity contribution in [2.24, 2.45) is 0 Å². The molecule has 10 heteroatoms. The van der Waals surface area contributed by atoms with Gasteiger partial charge in [0.15, 0.2) is 17.4 Å². The molecule has 0 aromatic carbocycles. The van der Waals surface area contributed by atoms with Crippen molar-refractivity contribution in [3.63, 3.8) is 0 Å². The van der Waals surface area contributed by atoms with Gasteiger partial charge in [-0.05, 0) is 13.3 Å². The van der Waals surface area contributed by atoms with Gasteiger partial charge in [0.1, 0.15) is 24.0 Å². The van der Waals surface area contributed by atoms with Crippen LogP contribution in [0.25, 0.3) is 11.2 Å². The summed E-state index contributed by atoms with van der Waals surface area (Å²) in [7, 11) is 0. The molecule has 0 amide bonds. The van der Waals surface area contributed by atoms with E-state index in [0.29, 0.717) is 0 Å². The molecule has 3 rings (SSSR count). The highest BCUT2D eigenvalue weighted by Crippen LogP contribution is 2.46. The minimum atomic E-state index is -1.81. The van der Waals surface area contributed by atoms with Crippen molar-refractivity contribution in [3.8, 4) is 0 Å². The first-order chi connectivity index (χ1) is 10.8. The monoisotopic (exact) mass is 327 g/mol. The number of ether oxygens (including phenoxy) is 1. The first kappa shape index (κ1) is 15.8. The van der Waals surface area contributed by atoms with Gasteiger partial charge in [-0.2, -0.15) is 4.98 Å². The number of rotatable bonds is 3. The summed E-state index contributed by atoms with van der Waals surface area (Å²) in [5.41, 5.74) is 1.71. The minimum Gasteiger partial charge on any atom is -0.387 e. The molecular weight excluding hydrogens is 309 g/mol. The van der Waals surface area contributed by atoms with Crippen molar-refractivity contribution in [2.75, 3.05) is 12.4 Å². The van der Waals surface area contributed by atoms with Crippen LogP contribution < -0.4 is 11.3 Å². The fourth-order valence-corrected chi connectivity index (χ4v) is 3.00. The van der Waals surface area contributed by atoms with Gasteiger partial charge in [-0.15, -0.1) is 0 Å². The van der Waals surface area contributed by atoms with Crippen molar-refractivity contribution in [1.82, 2.24) is 19.5 Å². The Bertz CT molecular complexity index is 797. The predicted molar refractivity (Wildman–Crippen MR) is 78.3 cm³/mol. The second-order valence-electron chi connectivity index (χ2n) is 5.93. The number of fused-ring (bicyclic) bond motifs is 1. The number of nitrogens with one attached hydrogen (secondary N) is 1. The van der Waals surface area contributed by atoms with E-state index in [0.717, 1.165) is 0 Å². The molecule has 1 fully saturated rings. The Morgan fingerprint density at radius 3 is 2.87 bits per heavy atom. The van der Waals surface area contributed by atoms with E-state index in [4.69, 9.17) is 10.5 Å². The molecular formula is C13H18FN5O4. The first-order valence-electron chi connectivity index (χ1n) is 7.13. The number of hydrogen-bond donors (Lipinski definition) is 4. The van der Waals surface area contributed by atoms with Gasteiger partial charge in [0.25, 0.3) is 5.56 Å². The summed E-state index contributed by atoms with van der Waals surface area (Å²) in [5.74, 6) is -0.130. The van der Waals surface area contributed by atoms with Crippen LogP contribution in [0.4, 0.5) is 10.3 Å². The maximum atomic E-state index is 13.5. The number of hydrogen-bond acceptors (Lipinski definition) is 7. The number of H-pyrrole nitrogens is 1. The lowest BCUT2D eigenvalue weighted by atomic mass is 9.86. The van der Waals surface area contributed by atoms with Crippen LogP contribution in [0.5, 0.6) is 0 Å². The van der Waals surface area contributed by atoms with Crippen LogP contribution in [0.15, 0.2) is 11.1 Å². The maximum Gasteiger partial charge on any atom is 0.280 e. The molecule has 23 heavy (non-hydrogen) atoms. The number of aliphatic hydroxyl groups excluding tert-OH is 1. The highest BCUT2D eigenvalue weighted by molar-refractivity contribution is 5.70. The van der Waals surface area contributed by atoms with Gasteiger partial charge in [0.2, 0.25) is 5.95 Å². The summed E-state index contributed by atoms with van der Waals surface area (Å²) < 4.78 is 20.4. The molecule has 3 heterocycles. The van der Waals surface area contributed by atoms with Crippen LogP contribution in [0, 0.1) is 0 Å². The predicted octanol–water partition coefficient (Wildman–Crippen LogP) is -0.539. The topological polar surface area (TPSA) is 139 Å². The van der Waals surface area contributed by atoms with Crippen LogP contribution in [0.3, 0.4) is 0 Å². The molecule has 0 unspecified atom stereocenters. The molecule has 5 N–H and O–H groups in total. The van der Waals surface area contributed by atoms with Gasteiger partial charge < -0.3 is 20.7 Å². The second kappa shape index (κ2) is 4.98. The number of alkyl halides is 1. The van der Waals surface area contributed by atoms with Crippen LogP contribution >= 0.6 is 0 Å². The van der Waals surface area contributed by atoms with E-state index < -0.39 is 35.8 Å². The molecule has 2 aromatic rings. The zero-order valence-electron chi connectivity index (χ0n) is 12.7. The number of anilines is 1. The fraction of sp³-hybridized carbons (Fsp3) is 0.615. The number of aliphatic hydroxyl groups is 2. The third-order valence-electron chi connectivity index (χ3n) is 4.43. The third-order valence-corrected chi connectivity index (χ3v) is 4.43. The zero-order chi connectivity index (χ0) is 17.0. The Hall–Kier alpha value is -2.04. The van der Waals surface area contributed by atoms with E-state index in [1.54, 1.807) is 6.92 Å². The van der Waals surface area contributed by atoms with E-state index in [1.165, 1.54) is 17.8 Å². The summed E-state index contributed by atoms with van der Waals surface area (Å²) in [5, 5.41) is 21.0. The number of imidazole rings is 1. The summed E-state index contributed by atoms with van der Waals surface area (Å²) >= 11 is 0. The molecule has 9 nitrogen and oxygen atoms in total. The van der Waals surface area contributed by atoms with E-state index >= 15 is 0 Å². The Balaban J connectivity index is 2.17. The van der Waals surface area contributed by atoms with Gasteiger partial charge in [-0.3, -0.25) is 14.3 Å². The smallest absolute Gasteiger partial charge is 0.280 e. The molecule has 0 bridgehead atoms. The van der Waals surface area contributed by atoms with Crippen LogP contribution in [-0.4, -0.2) is 53.7 Å². The number of nitrogens with zero attached hydrogens (tertiary/aromatic N) is 3. The van der Waals surface area contributed by atoms with Gasteiger partial charge >= 0.3 is 0 Å². The Kier molecular flexibility index (Phi) is 3.43. The number of aromatic nitrogens is 4. The molecule has 0 radical (unpaired) electrons. The fourth-order valence-electron chi connectivity index (χ4n) is 3.00. The Morgan fingerprint density at radius 2 is 2.30 bits per heavy atom. The standard InChI is InChI=1S/C13H18FN5O4/c1-3-13(4-14)9(21)12(2,22)10(23-13)19-5-16-6-7(19)17-11(15)18-8(6)20/h5,9-10,21-22H,3-4H2,1-2H3,(H3,15,17,18,20)/t9-,10+,12+,13-/m0/s1. The molecule has 1 aliphatic heterocycles. The van der Waals surface area contributed by atoms with E-state index in [9.17, 15) is 19.4 Å². The lowest BCUT2D eigenvalue weighted by molar-refractivity contribution is -0.119. The summed E-state index contributed by atoms with van der Waals surface area (Å²) in [6.45, 7) is 2.01. The number of halogens is 1. The van der Waals surface area contributed by atoms with Gasteiger partial charge in [0, 0.05) is 0 Å². The lowest BCUT2D eigenvalue weighted by Gasteiger charge is -2.29. The number of aromatic amines is 1. The van der Waals surface area contributed by atoms with Crippen molar-refractivity contribution in [1.29, 1.82) is 0 Å². The van der Waals surface area contributed by atoms with Crippen LogP contribution in [0.2, 0.25) is 0 Å². The van der Waals surface area contributed by atoms with E-state index in [-0.39, 0.29) is 23.5 Å². The zero-order valence-corrected chi connectivity index (χ0v) is 12.7. The lowest BCUT2D eigenvalue weighted by Crippen LogP contribution is -2.50. The largest absolute Gasteiger partial charge is 0.387 e. The second-order valence-corrected chi connectivity index (χ2v) is 5.93. The van der Waals surface area contributed by atoms with Gasteiger partial charge in [-0.25, -0.2) is 9.37 Å². The maximum absolute atomic E-state index is 13.5. The summed E-state index contributed by atoms with van der Waals surface area (Å²) in [6.07, 6.45) is -1.25. The Morgan fingerprint density at radius 1 is 1.61 bits per heavy atom. The third kappa shape index (κ3) is 2.06. The highest BCUT2D eigenvalue weighted by atomic mass is 19.1. The van der Waals surface area contributed by atoms with Crippen molar-refractivity contribution in [3.05, 3.63) is 16.7 Å². The molecule has 0 aliphatic carbocycles. The minimum absolute atomic E-state index is 0.00216. The van der Waals surface area contributed by atoms with Crippen molar-refractivity contribution >= 4 is 17.1 Å². The normalized spacial score (nSPS) is 34.3. The molecule has 0 spiro atoms. The van der Waals surface area contributed by atoms with Crippen molar-refractivity contribution < 1.29 is 19.3 Å². The Labute approximate surface area is 129 Å². The highest BCUT2D eigenvalue weighted by Gasteiger charge is 2.61. The van der Waals surface area contributed by atoms with Gasteiger partial charge in [0.05, 0.1) is 6.33 Å². The summed E-state index contributed by atoms with van der Waals surface area (Å²) in [6, 6.07) is 0. The summed E-state index contributed by atoms with van der Waals surface area (Å²) in [4.78, 5) is 22.1. The molecule has 1 saturated heterocycles. The molecule has 126 valence electrons. The van der Waals surface area contributed by atoms with Crippen LogP contribution in [0.1, 0.15) is 26.5 Å². The molecule has 1 aliphatic rings. The quantitative estimate of drug-likeness (QED) is 0.593.